The Labute approximate surface area is 120 Å². The molecule has 0 bridgehead atoms. The van der Waals surface area contributed by atoms with E-state index in [1.807, 2.05) is 30.3 Å². The molecule has 0 spiro atoms. The minimum atomic E-state index is -0.564. The number of carbonyl (C=O) groups excluding carboxylic acids is 2. The van der Waals surface area contributed by atoms with Crippen LogP contribution in [-0.4, -0.2) is 29.4 Å². The molecule has 0 saturated heterocycles. The Hall–Kier alpha value is -1.68. The van der Waals surface area contributed by atoms with Crippen LogP contribution in [0.4, 0.5) is 5.69 Å². The second kappa shape index (κ2) is 8.48. The van der Waals surface area contributed by atoms with Gasteiger partial charge in [-0.25, -0.2) is 0 Å². The van der Waals surface area contributed by atoms with E-state index in [0.29, 0.717) is 12.1 Å². The van der Waals surface area contributed by atoms with E-state index in [0.717, 1.165) is 12.8 Å². The maximum Gasteiger partial charge on any atom is 0.234 e. The van der Waals surface area contributed by atoms with Gasteiger partial charge in [-0.3, -0.25) is 9.59 Å². The number of benzene rings is 1. The summed E-state index contributed by atoms with van der Waals surface area (Å²) < 4.78 is 0. The fourth-order valence-electron chi connectivity index (χ4n) is 2.01. The van der Waals surface area contributed by atoms with Crippen LogP contribution in [0.2, 0.25) is 0 Å². The Kier molecular flexibility index (Phi) is 6.94. The van der Waals surface area contributed by atoms with Crippen molar-refractivity contribution in [2.75, 3.05) is 11.4 Å². The second-order valence-corrected chi connectivity index (χ2v) is 5.01. The van der Waals surface area contributed by atoms with E-state index in [4.69, 9.17) is 0 Å². The molecule has 1 aromatic carbocycles. The number of aliphatic hydroxyl groups excluding tert-OH is 1. The summed E-state index contributed by atoms with van der Waals surface area (Å²) in [5, 5.41) is 10.0. The first-order valence-corrected chi connectivity index (χ1v) is 7.07. The van der Waals surface area contributed by atoms with E-state index < -0.39 is 6.10 Å². The van der Waals surface area contributed by atoms with Gasteiger partial charge in [-0.05, 0) is 25.5 Å². The number of amides is 1. The van der Waals surface area contributed by atoms with Gasteiger partial charge in [0.25, 0.3) is 0 Å². The fourth-order valence-corrected chi connectivity index (χ4v) is 2.01. The third-order valence-electron chi connectivity index (χ3n) is 3.05. The van der Waals surface area contributed by atoms with Gasteiger partial charge < -0.3 is 10.0 Å². The number of ketones is 1. The number of unbranched alkanes of at least 4 members (excludes halogenated alkanes) is 1. The van der Waals surface area contributed by atoms with Crippen LogP contribution in [0, 0.1) is 0 Å². The topological polar surface area (TPSA) is 57.6 Å². The summed E-state index contributed by atoms with van der Waals surface area (Å²) in [4.78, 5) is 24.8. The van der Waals surface area contributed by atoms with Gasteiger partial charge in [0.2, 0.25) is 5.91 Å². The predicted octanol–water partition coefficient (Wildman–Crippen LogP) is 2.55. The molecule has 0 fully saturated rings. The number of hydrogen-bond acceptors (Lipinski definition) is 3. The van der Waals surface area contributed by atoms with Crippen molar-refractivity contribution in [3.05, 3.63) is 30.3 Å². The number of rotatable bonds is 8. The zero-order valence-corrected chi connectivity index (χ0v) is 12.2. The highest BCUT2D eigenvalue weighted by Crippen LogP contribution is 2.16. The molecular weight excluding hydrogens is 254 g/mol. The minimum absolute atomic E-state index is 0.130. The lowest BCUT2D eigenvalue weighted by molar-refractivity contribution is -0.125. The first kappa shape index (κ1) is 16.4. The zero-order valence-electron chi connectivity index (χ0n) is 12.2. The molecule has 0 heterocycles. The van der Waals surface area contributed by atoms with Crippen molar-refractivity contribution < 1.29 is 14.7 Å². The van der Waals surface area contributed by atoms with E-state index in [-0.39, 0.29) is 24.7 Å². The lowest BCUT2D eigenvalue weighted by Crippen LogP contribution is -2.38. The average Bonchev–Trinajstić information content (AvgIpc) is 2.42. The number of hydrogen-bond donors (Lipinski definition) is 1. The van der Waals surface area contributed by atoms with E-state index in [1.165, 1.54) is 11.8 Å². The van der Waals surface area contributed by atoms with Crippen molar-refractivity contribution in [2.45, 2.75) is 45.6 Å². The molecule has 0 saturated carbocycles. The van der Waals surface area contributed by atoms with Crippen LogP contribution < -0.4 is 4.90 Å². The number of carbonyl (C=O) groups is 2. The van der Waals surface area contributed by atoms with Crippen molar-refractivity contribution in [2.24, 2.45) is 0 Å². The predicted molar refractivity (Wildman–Crippen MR) is 79.6 cm³/mol. The van der Waals surface area contributed by atoms with Gasteiger partial charge in [0.05, 0.1) is 19.1 Å². The SMILES string of the molecule is CCCCC(O)CN(C(=O)CC(C)=O)c1ccccc1. The maximum atomic E-state index is 12.2. The van der Waals surface area contributed by atoms with Crippen LogP contribution in [0.15, 0.2) is 30.3 Å². The molecule has 1 N–H and O–H groups in total. The quantitative estimate of drug-likeness (QED) is 0.743. The molecule has 0 aliphatic heterocycles. The Morgan fingerprint density at radius 3 is 2.45 bits per heavy atom. The van der Waals surface area contributed by atoms with E-state index in [1.54, 1.807) is 0 Å². The summed E-state index contributed by atoms with van der Waals surface area (Å²) in [6.07, 6.45) is 1.89. The monoisotopic (exact) mass is 277 g/mol. The summed E-state index contributed by atoms with van der Waals surface area (Å²) in [6.45, 7) is 3.69. The van der Waals surface area contributed by atoms with Crippen LogP contribution in [-0.2, 0) is 9.59 Å². The van der Waals surface area contributed by atoms with Crippen molar-refractivity contribution in [1.29, 1.82) is 0 Å². The molecule has 0 aliphatic rings. The number of anilines is 1. The average molecular weight is 277 g/mol. The van der Waals surface area contributed by atoms with Gasteiger partial charge in [-0.1, -0.05) is 38.0 Å². The van der Waals surface area contributed by atoms with Crippen LogP contribution in [0.1, 0.15) is 39.5 Å². The molecule has 4 nitrogen and oxygen atoms in total. The van der Waals surface area contributed by atoms with Crippen molar-refractivity contribution in [3.63, 3.8) is 0 Å². The number of aliphatic hydroxyl groups is 1. The van der Waals surface area contributed by atoms with Gasteiger partial charge in [0.1, 0.15) is 5.78 Å². The molecule has 1 amide bonds. The van der Waals surface area contributed by atoms with Crippen LogP contribution >= 0.6 is 0 Å². The summed E-state index contributed by atoms with van der Waals surface area (Å²) in [7, 11) is 0. The highest BCUT2D eigenvalue weighted by atomic mass is 16.3. The fraction of sp³-hybridized carbons (Fsp3) is 0.500. The largest absolute Gasteiger partial charge is 0.391 e. The van der Waals surface area contributed by atoms with E-state index in [2.05, 4.69) is 6.92 Å². The molecular formula is C16H23NO3. The van der Waals surface area contributed by atoms with Gasteiger partial charge >= 0.3 is 0 Å². The van der Waals surface area contributed by atoms with E-state index >= 15 is 0 Å². The van der Waals surface area contributed by atoms with E-state index in [9.17, 15) is 14.7 Å². The van der Waals surface area contributed by atoms with Gasteiger partial charge in [-0.15, -0.1) is 0 Å². The molecule has 0 radical (unpaired) electrons. The standard InChI is InChI=1S/C16H23NO3/c1-3-4-10-15(19)12-17(16(20)11-13(2)18)14-8-6-5-7-9-14/h5-9,15,19H,3-4,10-12H2,1-2H3. The van der Waals surface area contributed by atoms with Gasteiger partial charge in [0.15, 0.2) is 0 Å². The molecule has 0 aromatic heterocycles. The molecule has 0 aliphatic carbocycles. The Morgan fingerprint density at radius 2 is 1.90 bits per heavy atom. The van der Waals surface area contributed by atoms with Gasteiger partial charge in [0, 0.05) is 5.69 Å². The number of Topliss-reactive ketones (excluding diaryl/α,β-unsaturated/α-hetero) is 1. The summed E-state index contributed by atoms with van der Waals surface area (Å²) in [6, 6.07) is 9.16. The summed E-state index contributed by atoms with van der Waals surface area (Å²) in [5.41, 5.74) is 0.717. The van der Waals surface area contributed by atoms with Crippen LogP contribution in [0.5, 0.6) is 0 Å². The lowest BCUT2D eigenvalue weighted by atomic mass is 10.1. The number of para-hydroxylation sites is 1. The normalized spacial score (nSPS) is 11.9. The summed E-state index contributed by atoms with van der Waals surface area (Å²) >= 11 is 0. The molecule has 4 heteroatoms. The first-order chi connectivity index (χ1) is 9.54. The molecule has 1 atom stereocenters. The maximum absolute atomic E-state index is 12.2. The third kappa shape index (κ3) is 5.53. The molecule has 1 aromatic rings. The van der Waals surface area contributed by atoms with Crippen molar-refractivity contribution in [1.82, 2.24) is 0 Å². The zero-order chi connectivity index (χ0) is 15.0. The molecule has 1 unspecified atom stereocenters. The highest BCUT2D eigenvalue weighted by molar-refractivity contribution is 6.04. The molecule has 1 rings (SSSR count). The smallest absolute Gasteiger partial charge is 0.234 e. The Balaban J connectivity index is 2.79. The highest BCUT2D eigenvalue weighted by Gasteiger charge is 2.20. The number of nitrogens with zero attached hydrogens (tertiary/aromatic N) is 1. The van der Waals surface area contributed by atoms with Crippen molar-refractivity contribution >= 4 is 17.4 Å². The minimum Gasteiger partial charge on any atom is -0.391 e. The van der Waals surface area contributed by atoms with Crippen LogP contribution in [0.3, 0.4) is 0 Å². The first-order valence-electron chi connectivity index (χ1n) is 7.07. The lowest BCUT2D eigenvalue weighted by Gasteiger charge is -2.25. The second-order valence-electron chi connectivity index (χ2n) is 5.01. The Morgan fingerprint density at radius 1 is 1.25 bits per heavy atom. The third-order valence-corrected chi connectivity index (χ3v) is 3.05. The molecule has 110 valence electrons. The van der Waals surface area contributed by atoms with Gasteiger partial charge in [-0.2, -0.15) is 0 Å². The molecule has 20 heavy (non-hydrogen) atoms. The van der Waals surface area contributed by atoms with Crippen LogP contribution in [0.25, 0.3) is 0 Å². The summed E-state index contributed by atoms with van der Waals surface area (Å²) in [5.74, 6) is -0.432. The Bertz CT molecular complexity index is 431. The van der Waals surface area contributed by atoms with Crippen molar-refractivity contribution in [3.8, 4) is 0 Å².